The molecule has 112 valence electrons. The van der Waals surface area contributed by atoms with Crippen LogP contribution in [0, 0.1) is 5.92 Å². The summed E-state index contributed by atoms with van der Waals surface area (Å²) in [6, 6.07) is 2.45. The Hall–Kier alpha value is -0.580. The largest absolute Gasteiger partial charge is 0.349 e. The Labute approximate surface area is 130 Å². The minimum Gasteiger partial charge on any atom is -0.349 e. The Bertz CT molecular complexity index is 443. The molecule has 0 saturated carbocycles. The molecule has 1 aromatic rings. The van der Waals surface area contributed by atoms with Gasteiger partial charge in [0.1, 0.15) is 0 Å². The third-order valence-electron chi connectivity index (χ3n) is 4.33. The minimum atomic E-state index is 0. The van der Waals surface area contributed by atoms with Crippen molar-refractivity contribution in [2.24, 2.45) is 5.92 Å². The molecule has 3 nitrogen and oxygen atoms in total. The molecular weight excluding hydrogens is 292 g/mol. The number of hydrogen-bond acceptors (Lipinski definition) is 3. The zero-order valence-corrected chi connectivity index (χ0v) is 13.3. The van der Waals surface area contributed by atoms with Crippen LogP contribution in [-0.2, 0) is 11.2 Å². The van der Waals surface area contributed by atoms with Crippen LogP contribution in [0.4, 0.5) is 0 Å². The first-order chi connectivity index (χ1) is 9.33. The van der Waals surface area contributed by atoms with Crippen LogP contribution < -0.4 is 10.6 Å². The Balaban J connectivity index is 0.00000147. The summed E-state index contributed by atoms with van der Waals surface area (Å²) in [5.74, 6) is 0.935. The molecule has 0 radical (unpaired) electrons. The van der Waals surface area contributed by atoms with Gasteiger partial charge in [-0.15, -0.1) is 23.7 Å². The fourth-order valence-electron chi connectivity index (χ4n) is 3.20. The van der Waals surface area contributed by atoms with Crippen molar-refractivity contribution in [1.29, 1.82) is 0 Å². The number of carbonyl (C=O) groups excluding carboxylic acids is 1. The molecule has 1 aliphatic heterocycles. The Morgan fingerprint density at radius 2 is 2.35 bits per heavy atom. The normalized spacial score (nSPS) is 24.8. The lowest BCUT2D eigenvalue weighted by atomic mass is 9.93. The van der Waals surface area contributed by atoms with Crippen LogP contribution >= 0.6 is 23.7 Å². The number of amides is 1. The third-order valence-corrected chi connectivity index (χ3v) is 5.33. The van der Waals surface area contributed by atoms with Gasteiger partial charge in [-0.2, -0.15) is 0 Å². The molecule has 2 unspecified atom stereocenters. The molecule has 0 bridgehead atoms. The van der Waals surface area contributed by atoms with Gasteiger partial charge in [-0.05, 0) is 68.1 Å². The smallest absolute Gasteiger partial charge is 0.220 e. The highest BCUT2D eigenvalue weighted by Crippen LogP contribution is 2.33. The van der Waals surface area contributed by atoms with Crippen LogP contribution in [0.3, 0.4) is 0 Å². The number of aryl methyl sites for hydroxylation is 1. The molecular formula is C15H23ClN2OS. The second kappa shape index (κ2) is 7.43. The minimum absolute atomic E-state index is 0. The van der Waals surface area contributed by atoms with Gasteiger partial charge in [0, 0.05) is 11.3 Å². The van der Waals surface area contributed by atoms with Gasteiger partial charge < -0.3 is 10.6 Å². The lowest BCUT2D eigenvalue weighted by Gasteiger charge is -2.24. The number of hydrogen-bond donors (Lipinski definition) is 2. The van der Waals surface area contributed by atoms with Gasteiger partial charge in [0.25, 0.3) is 0 Å². The Morgan fingerprint density at radius 1 is 1.45 bits per heavy atom. The standard InChI is InChI=1S/C15H22N2OS.ClH/c18-15(5-4-11-6-8-16-10-11)17-13-2-1-3-14-12(13)7-9-19-14;/h7,9,11,13,16H,1-6,8,10H2,(H,17,18);1H. The van der Waals surface area contributed by atoms with Gasteiger partial charge in [0.15, 0.2) is 0 Å². The molecule has 5 heteroatoms. The average molecular weight is 315 g/mol. The van der Waals surface area contributed by atoms with Crippen molar-refractivity contribution >= 4 is 29.7 Å². The van der Waals surface area contributed by atoms with Crippen LogP contribution in [0.15, 0.2) is 11.4 Å². The monoisotopic (exact) mass is 314 g/mol. The summed E-state index contributed by atoms with van der Waals surface area (Å²) in [6.45, 7) is 2.21. The van der Waals surface area contributed by atoms with E-state index in [1.807, 2.05) is 11.3 Å². The molecule has 1 aliphatic carbocycles. The van der Waals surface area contributed by atoms with Gasteiger partial charge in [-0.1, -0.05) is 0 Å². The molecule has 0 spiro atoms. The summed E-state index contributed by atoms with van der Waals surface area (Å²) in [6.07, 6.45) is 6.42. The SMILES string of the molecule is Cl.O=C(CCC1CCNC1)NC1CCCc2sccc21. The van der Waals surface area contributed by atoms with Crippen LogP contribution in [0.25, 0.3) is 0 Å². The van der Waals surface area contributed by atoms with Crippen molar-refractivity contribution < 1.29 is 4.79 Å². The van der Waals surface area contributed by atoms with E-state index >= 15 is 0 Å². The first kappa shape index (κ1) is 15.8. The van der Waals surface area contributed by atoms with Crippen molar-refractivity contribution in [3.8, 4) is 0 Å². The van der Waals surface area contributed by atoms with Crippen molar-refractivity contribution in [2.75, 3.05) is 13.1 Å². The van der Waals surface area contributed by atoms with E-state index < -0.39 is 0 Å². The van der Waals surface area contributed by atoms with Gasteiger partial charge in [0.2, 0.25) is 5.91 Å². The first-order valence-corrected chi connectivity index (χ1v) is 8.27. The zero-order valence-electron chi connectivity index (χ0n) is 11.7. The summed E-state index contributed by atoms with van der Waals surface area (Å²) in [5.41, 5.74) is 1.37. The van der Waals surface area contributed by atoms with Crippen molar-refractivity contribution in [1.82, 2.24) is 10.6 Å². The Kier molecular flexibility index (Phi) is 5.87. The van der Waals surface area contributed by atoms with Crippen LogP contribution in [-0.4, -0.2) is 19.0 Å². The van der Waals surface area contributed by atoms with Gasteiger partial charge >= 0.3 is 0 Å². The molecule has 20 heavy (non-hydrogen) atoms. The van der Waals surface area contributed by atoms with E-state index in [0.717, 1.165) is 25.9 Å². The highest BCUT2D eigenvalue weighted by atomic mass is 35.5. The maximum Gasteiger partial charge on any atom is 0.220 e. The first-order valence-electron chi connectivity index (χ1n) is 7.39. The maximum absolute atomic E-state index is 12.1. The molecule has 2 N–H and O–H groups in total. The van der Waals surface area contributed by atoms with Crippen LogP contribution in [0.2, 0.25) is 0 Å². The predicted octanol–water partition coefficient (Wildman–Crippen LogP) is 3.05. The molecule has 2 atom stereocenters. The van der Waals surface area contributed by atoms with Crippen molar-refractivity contribution in [2.45, 2.75) is 44.6 Å². The van der Waals surface area contributed by atoms with E-state index in [2.05, 4.69) is 22.1 Å². The molecule has 2 aliphatic rings. The van der Waals surface area contributed by atoms with E-state index in [0.29, 0.717) is 12.3 Å². The summed E-state index contributed by atoms with van der Waals surface area (Å²) >= 11 is 1.83. The summed E-state index contributed by atoms with van der Waals surface area (Å²) < 4.78 is 0. The average Bonchev–Trinajstić information content (AvgIpc) is 3.08. The molecule has 1 saturated heterocycles. The number of nitrogens with one attached hydrogen (secondary N) is 2. The van der Waals surface area contributed by atoms with Crippen LogP contribution in [0.5, 0.6) is 0 Å². The number of carbonyl (C=O) groups is 1. The number of fused-ring (bicyclic) bond motifs is 1. The van der Waals surface area contributed by atoms with Gasteiger partial charge in [-0.3, -0.25) is 4.79 Å². The topological polar surface area (TPSA) is 41.1 Å². The molecule has 1 fully saturated rings. The van der Waals surface area contributed by atoms with Crippen LogP contribution in [0.1, 0.15) is 48.6 Å². The summed E-state index contributed by atoms with van der Waals surface area (Å²) in [4.78, 5) is 13.5. The lowest BCUT2D eigenvalue weighted by molar-refractivity contribution is -0.122. The number of rotatable bonds is 4. The summed E-state index contributed by atoms with van der Waals surface area (Å²) in [7, 11) is 0. The maximum atomic E-state index is 12.1. The van der Waals surface area contributed by atoms with Gasteiger partial charge in [-0.25, -0.2) is 0 Å². The Morgan fingerprint density at radius 3 is 3.15 bits per heavy atom. The quantitative estimate of drug-likeness (QED) is 0.897. The molecule has 1 amide bonds. The van der Waals surface area contributed by atoms with Gasteiger partial charge in [0.05, 0.1) is 6.04 Å². The third kappa shape index (κ3) is 3.74. The van der Waals surface area contributed by atoms with E-state index in [9.17, 15) is 4.79 Å². The molecule has 3 rings (SSSR count). The zero-order chi connectivity index (χ0) is 13.1. The molecule has 1 aromatic heterocycles. The fraction of sp³-hybridized carbons (Fsp3) is 0.667. The number of halogens is 1. The van der Waals surface area contributed by atoms with Crippen molar-refractivity contribution in [3.63, 3.8) is 0 Å². The van der Waals surface area contributed by atoms with E-state index in [1.54, 1.807) is 0 Å². The highest BCUT2D eigenvalue weighted by Gasteiger charge is 2.23. The predicted molar refractivity (Wildman–Crippen MR) is 85.6 cm³/mol. The van der Waals surface area contributed by atoms with E-state index in [1.165, 1.54) is 29.7 Å². The van der Waals surface area contributed by atoms with E-state index in [-0.39, 0.29) is 24.4 Å². The van der Waals surface area contributed by atoms with Crippen molar-refractivity contribution in [3.05, 3.63) is 21.9 Å². The lowest BCUT2D eigenvalue weighted by Crippen LogP contribution is -2.30. The second-order valence-electron chi connectivity index (χ2n) is 5.71. The summed E-state index contributed by atoms with van der Waals surface area (Å²) in [5, 5.41) is 8.74. The second-order valence-corrected chi connectivity index (χ2v) is 6.71. The van der Waals surface area contributed by atoms with E-state index in [4.69, 9.17) is 0 Å². The fourth-order valence-corrected chi connectivity index (χ4v) is 4.19. The highest BCUT2D eigenvalue weighted by molar-refractivity contribution is 7.10. The number of thiophene rings is 1. The molecule has 0 aromatic carbocycles. The molecule has 2 heterocycles.